The molecule has 0 saturated carbocycles. The number of piperazine rings is 1. The first kappa shape index (κ1) is 27.5. The predicted octanol–water partition coefficient (Wildman–Crippen LogP) is 5.48. The summed E-state index contributed by atoms with van der Waals surface area (Å²) in [5, 5.41) is 8.28. The molecule has 0 radical (unpaired) electrons. The van der Waals surface area contributed by atoms with Crippen molar-refractivity contribution in [3.63, 3.8) is 0 Å². The number of anilines is 3. The summed E-state index contributed by atoms with van der Waals surface area (Å²) in [7, 11) is 0. The molecule has 2 aliphatic heterocycles. The number of alkyl halides is 3. The van der Waals surface area contributed by atoms with Gasteiger partial charge in [0.15, 0.2) is 11.6 Å². The van der Waals surface area contributed by atoms with E-state index in [1.807, 2.05) is 4.90 Å². The molecule has 1 fully saturated rings. The summed E-state index contributed by atoms with van der Waals surface area (Å²) in [5.41, 5.74) is -0.0587. The second kappa shape index (κ2) is 12.0. The minimum atomic E-state index is -4.54. The number of nitrogens with one attached hydrogen (secondary N) is 3. The molecule has 3 aromatic rings. The molecule has 2 aliphatic rings. The van der Waals surface area contributed by atoms with Gasteiger partial charge in [0.1, 0.15) is 12.4 Å². The molecule has 12 heteroatoms. The average molecular weight is 557 g/mol. The quantitative estimate of drug-likeness (QED) is 0.355. The summed E-state index contributed by atoms with van der Waals surface area (Å²) >= 11 is 0. The number of fused-ring (bicyclic) bond motifs is 1. The fourth-order valence-electron chi connectivity index (χ4n) is 4.69. The fraction of sp³-hybridized carbons (Fsp3) is 0.357. The Hall–Kier alpha value is -4.03. The van der Waals surface area contributed by atoms with Crippen molar-refractivity contribution in [3.05, 3.63) is 65.9 Å². The lowest BCUT2D eigenvalue weighted by Crippen LogP contribution is -2.45. The van der Waals surface area contributed by atoms with Crippen LogP contribution in [-0.2, 0) is 12.7 Å². The summed E-state index contributed by atoms with van der Waals surface area (Å²) in [5.74, 6) is 2.15. The largest absolute Gasteiger partial charge is 0.485 e. The van der Waals surface area contributed by atoms with Crippen LogP contribution in [0.2, 0.25) is 0 Å². The molecule has 0 aliphatic carbocycles. The zero-order valence-corrected chi connectivity index (χ0v) is 22.1. The van der Waals surface area contributed by atoms with Gasteiger partial charge in [-0.3, -0.25) is 4.90 Å². The first-order valence-corrected chi connectivity index (χ1v) is 13.1. The number of urea groups is 1. The summed E-state index contributed by atoms with van der Waals surface area (Å²) < 4.78 is 53.2. The molecule has 0 bridgehead atoms. The van der Waals surface area contributed by atoms with Crippen LogP contribution in [0.15, 0.2) is 54.7 Å². The molecule has 5 rings (SSSR count). The zero-order chi connectivity index (χ0) is 28.1. The molecular weight excluding hydrogens is 525 g/mol. The Morgan fingerprint density at radius 3 is 2.45 bits per heavy atom. The highest BCUT2D eigenvalue weighted by atomic mass is 19.4. The number of ether oxygens (including phenoxy) is 2. The van der Waals surface area contributed by atoms with E-state index in [1.165, 1.54) is 12.1 Å². The highest BCUT2D eigenvalue weighted by molar-refractivity contribution is 5.99. The van der Waals surface area contributed by atoms with Crippen LogP contribution in [0.4, 0.5) is 35.2 Å². The van der Waals surface area contributed by atoms with Crippen molar-refractivity contribution < 1.29 is 27.4 Å². The lowest BCUT2D eigenvalue weighted by Gasteiger charge is -2.34. The van der Waals surface area contributed by atoms with E-state index in [0.717, 1.165) is 25.7 Å². The monoisotopic (exact) mass is 556 g/mol. The number of rotatable bonds is 7. The van der Waals surface area contributed by atoms with Gasteiger partial charge < -0.3 is 30.3 Å². The van der Waals surface area contributed by atoms with E-state index >= 15 is 0 Å². The molecule has 2 amide bonds. The Balaban J connectivity index is 1.20. The van der Waals surface area contributed by atoms with Crippen LogP contribution in [0.5, 0.6) is 17.2 Å². The standard InChI is InChI=1S/C28H31F3N6O3/c1-2-36-12-14-37(15-13-36)18-19-3-4-21(17-23(19)28(29,30)31)35-27(38)34-20-5-7-22(8-6-20)40-24-9-10-32-26-25(24)39-16-11-33-26/h3-10,17H,2,11-16,18H2,1H3,(H,32,33)(H2,34,35,38). The number of nitrogens with zero attached hydrogens (tertiary/aromatic N) is 3. The third-order valence-electron chi connectivity index (χ3n) is 6.83. The van der Waals surface area contributed by atoms with Crippen LogP contribution in [-0.4, -0.2) is 66.7 Å². The molecule has 3 heterocycles. The van der Waals surface area contributed by atoms with Crippen molar-refractivity contribution >= 4 is 23.2 Å². The fourth-order valence-corrected chi connectivity index (χ4v) is 4.69. The molecule has 3 N–H and O–H groups in total. The molecule has 1 saturated heterocycles. The number of hydrogen-bond donors (Lipinski definition) is 3. The van der Waals surface area contributed by atoms with Crippen LogP contribution >= 0.6 is 0 Å². The van der Waals surface area contributed by atoms with Crippen molar-refractivity contribution in [2.45, 2.75) is 19.6 Å². The van der Waals surface area contributed by atoms with Crippen LogP contribution in [0.1, 0.15) is 18.1 Å². The third kappa shape index (κ3) is 6.75. The van der Waals surface area contributed by atoms with E-state index < -0.39 is 17.8 Å². The van der Waals surface area contributed by atoms with Gasteiger partial charge in [-0.05, 0) is 48.5 Å². The maximum atomic E-state index is 13.9. The smallest absolute Gasteiger partial charge is 0.416 e. The Morgan fingerprint density at radius 1 is 1.02 bits per heavy atom. The van der Waals surface area contributed by atoms with E-state index in [0.29, 0.717) is 55.0 Å². The number of aromatic nitrogens is 1. The second-order valence-electron chi connectivity index (χ2n) is 9.55. The normalized spacial score (nSPS) is 15.9. The van der Waals surface area contributed by atoms with Gasteiger partial charge in [0.25, 0.3) is 0 Å². The topological polar surface area (TPSA) is 91.0 Å². The first-order valence-electron chi connectivity index (χ1n) is 13.1. The summed E-state index contributed by atoms with van der Waals surface area (Å²) in [6, 6.07) is 11.5. The highest BCUT2D eigenvalue weighted by Gasteiger charge is 2.34. The molecule has 212 valence electrons. The number of carbonyl (C=O) groups excluding carboxylic acids is 1. The van der Waals surface area contributed by atoms with Crippen LogP contribution in [0.25, 0.3) is 0 Å². The number of amides is 2. The molecule has 40 heavy (non-hydrogen) atoms. The lowest BCUT2D eigenvalue weighted by molar-refractivity contribution is -0.138. The molecule has 0 spiro atoms. The van der Waals surface area contributed by atoms with Gasteiger partial charge >= 0.3 is 12.2 Å². The maximum Gasteiger partial charge on any atom is 0.416 e. The van der Waals surface area contributed by atoms with Gasteiger partial charge in [-0.1, -0.05) is 13.0 Å². The SMILES string of the molecule is CCN1CCN(Cc2ccc(NC(=O)Nc3ccc(Oc4ccnc5c4OCCN5)cc3)cc2C(F)(F)F)CC1. The number of benzene rings is 2. The number of hydrogen-bond acceptors (Lipinski definition) is 7. The van der Waals surface area contributed by atoms with E-state index in [4.69, 9.17) is 9.47 Å². The maximum absolute atomic E-state index is 13.9. The second-order valence-corrected chi connectivity index (χ2v) is 9.55. The number of halogens is 3. The molecular formula is C28H31F3N6O3. The van der Waals surface area contributed by atoms with Gasteiger partial charge in [0.05, 0.1) is 12.1 Å². The van der Waals surface area contributed by atoms with Crippen molar-refractivity contribution in [2.24, 2.45) is 0 Å². The van der Waals surface area contributed by atoms with Crippen LogP contribution in [0.3, 0.4) is 0 Å². The first-order chi connectivity index (χ1) is 19.3. The van der Waals surface area contributed by atoms with Crippen molar-refractivity contribution in [3.8, 4) is 17.2 Å². The minimum absolute atomic E-state index is 0.0559. The van der Waals surface area contributed by atoms with E-state index in [-0.39, 0.29) is 17.8 Å². The summed E-state index contributed by atoms with van der Waals surface area (Å²) in [4.78, 5) is 21.1. The summed E-state index contributed by atoms with van der Waals surface area (Å²) in [6.07, 6.45) is -2.93. The average Bonchev–Trinajstić information content (AvgIpc) is 2.95. The van der Waals surface area contributed by atoms with Crippen LogP contribution in [0, 0.1) is 0 Å². The van der Waals surface area contributed by atoms with Crippen molar-refractivity contribution in [2.75, 3.05) is 61.8 Å². The van der Waals surface area contributed by atoms with Crippen molar-refractivity contribution in [1.29, 1.82) is 0 Å². The Labute approximate surface area is 230 Å². The Bertz CT molecular complexity index is 1330. The molecule has 0 unspecified atom stereocenters. The van der Waals surface area contributed by atoms with Gasteiger partial charge in [-0.2, -0.15) is 13.2 Å². The third-order valence-corrected chi connectivity index (χ3v) is 6.83. The molecule has 9 nitrogen and oxygen atoms in total. The van der Waals surface area contributed by atoms with E-state index in [9.17, 15) is 18.0 Å². The number of pyridine rings is 1. The minimum Gasteiger partial charge on any atom is -0.485 e. The van der Waals surface area contributed by atoms with E-state index in [1.54, 1.807) is 36.5 Å². The molecule has 2 aromatic carbocycles. The molecule has 1 aromatic heterocycles. The van der Waals surface area contributed by atoms with Crippen LogP contribution < -0.4 is 25.4 Å². The number of likely N-dealkylation sites (N-methyl/N-ethyl adjacent to an activating group) is 1. The van der Waals surface area contributed by atoms with Gasteiger partial charge in [0, 0.05) is 56.4 Å². The predicted molar refractivity (Wildman–Crippen MR) is 146 cm³/mol. The summed E-state index contributed by atoms with van der Waals surface area (Å²) in [6.45, 7) is 7.47. The lowest BCUT2D eigenvalue weighted by atomic mass is 10.0. The zero-order valence-electron chi connectivity index (χ0n) is 22.1. The van der Waals surface area contributed by atoms with Crippen molar-refractivity contribution in [1.82, 2.24) is 14.8 Å². The Kier molecular flexibility index (Phi) is 8.27. The van der Waals surface area contributed by atoms with E-state index in [2.05, 4.69) is 32.8 Å². The van der Waals surface area contributed by atoms with Gasteiger partial charge in [-0.25, -0.2) is 9.78 Å². The van der Waals surface area contributed by atoms with Gasteiger partial charge in [0.2, 0.25) is 5.75 Å². The highest BCUT2D eigenvalue weighted by Crippen LogP contribution is 2.38. The molecule has 0 atom stereocenters. The number of carbonyl (C=O) groups is 1. The van der Waals surface area contributed by atoms with Gasteiger partial charge in [-0.15, -0.1) is 0 Å². The Morgan fingerprint density at radius 2 is 1.73 bits per heavy atom.